The molecule has 0 aliphatic heterocycles. The zero-order valence-corrected chi connectivity index (χ0v) is 17.4. The molecule has 0 fully saturated rings. The summed E-state index contributed by atoms with van der Waals surface area (Å²) in [5, 5.41) is 5.09. The number of fused-ring (bicyclic) bond motifs is 3. The van der Waals surface area contributed by atoms with Crippen molar-refractivity contribution in [1.82, 2.24) is 14.5 Å². The number of para-hydroxylation sites is 1. The molecule has 2 heterocycles. The first-order chi connectivity index (χ1) is 15.0. The van der Waals surface area contributed by atoms with Crippen LogP contribution in [0.3, 0.4) is 0 Å². The molecule has 5 aromatic rings. The van der Waals surface area contributed by atoms with Crippen molar-refractivity contribution in [3.63, 3.8) is 0 Å². The van der Waals surface area contributed by atoms with Crippen molar-refractivity contribution < 1.29 is 4.79 Å². The van der Waals surface area contributed by atoms with Crippen LogP contribution < -0.4 is 11.1 Å². The third-order valence-electron chi connectivity index (χ3n) is 5.14. The van der Waals surface area contributed by atoms with Crippen molar-refractivity contribution >= 4 is 50.9 Å². The van der Waals surface area contributed by atoms with E-state index in [0.717, 1.165) is 22.2 Å². The zero-order valence-electron chi connectivity index (χ0n) is 16.6. The van der Waals surface area contributed by atoms with Crippen molar-refractivity contribution in [1.29, 1.82) is 0 Å². The summed E-state index contributed by atoms with van der Waals surface area (Å²) in [4.78, 5) is 21.8. The van der Waals surface area contributed by atoms with Gasteiger partial charge in [0.15, 0.2) is 5.65 Å². The fourth-order valence-electron chi connectivity index (χ4n) is 3.66. The summed E-state index contributed by atoms with van der Waals surface area (Å²) < 4.78 is 1.96. The number of halogens is 1. The molecule has 0 saturated heterocycles. The van der Waals surface area contributed by atoms with Gasteiger partial charge >= 0.3 is 0 Å². The van der Waals surface area contributed by atoms with Gasteiger partial charge in [-0.1, -0.05) is 47.5 Å². The number of nitrogens with two attached hydrogens (primary N) is 1. The third-order valence-corrected chi connectivity index (χ3v) is 5.39. The summed E-state index contributed by atoms with van der Waals surface area (Å²) in [6.45, 7) is 1.99. The van der Waals surface area contributed by atoms with E-state index in [9.17, 15) is 4.79 Å². The second kappa shape index (κ2) is 7.41. The number of nitrogens with one attached hydrogen (secondary N) is 1. The topological polar surface area (TPSA) is 85.8 Å². The van der Waals surface area contributed by atoms with Gasteiger partial charge in [-0.3, -0.25) is 9.36 Å². The molecule has 0 aliphatic carbocycles. The predicted octanol–water partition coefficient (Wildman–Crippen LogP) is 5.37. The quantitative estimate of drug-likeness (QED) is 0.405. The molecule has 0 spiro atoms. The van der Waals surface area contributed by atoms with E-state index in [-0.39, 0.29) is 11.6 Å². The number of carbonyl (C=O) groups is 1. The SMILES string of the molecule is Cc1ccc(NC(=O)c2nc(N)c3c4ccccc4n(-c4ccc(Cl)cc4)c3n2)cc1. The number of carbonyl (C=O) groups excluding carboxylic acids is 1. The average Bonchev–Trinajstić information content (AvgIpc) is 3.11. The van der Waals surface area contributed by atoms with Crippen LogP contribution in [0.2, 0.25) is 5.02 Å². The van der Waals surface area contributed by atoms with E-state index in [4.69, 9.17) is 17.3 Å². The van der Waals surface area contributed by atoms with Crippen LogP contribution in [-0.4, -0.2) is 20.4 Å². The second-order valence-electron chi connectivity index (χ2n) is 7.28. The van der Waals surface area contributed by atoms with E-state index >= 15 is 0 Å². The van der Waals surface area contributed by atoms with Crippen molar-refractivity contribution in [3.05, 3.63) is 89.2 Å². The average molecular weight is 428 g/mol. The lowest BCUT2D eigenvalue weighted by Crippen LogP contribution is -2.17. The lowest BCUT2D eigenvalue weighted by Gasteiger charge is -2.09. The van der Waals surface area contributed by atoms with Gasteiger partial charge in [0.25, 0.3) is 5.91 Å². The van der Waals surface area contributed by atoms with Gasteiger partial charge in [0.1, 0.15) is 5.82 Å². The van der Waals surface area contributed by atoms with E-state index in [1.807, 2.05) is 84.3 Å². The van der Waals surface area contributed by atoms with Gasteiger partial charge in [-0.25, -0.2) is 9.97 Å². The molecule has 6 nitrogen and oxygen atoms in total. The second-order valence-corrected chi connectivity index (χ2v) is 7.72. The summed E-state index contributed by atoms with van der Waals surface area (Å²) in [5.41, 5.74) is 10.4. The zero-order chi connectivity index (χ0) is 21.5. The number of aromatic nitrogens is 3. The first-order valence-corrected chi connectivity index (χ1v) is 10.1. The molecule has 7 heteroatoms. The highest BCUT2D eigenvalue weighted by atomic mass is 35.5. The maximum Gasteiger partial charge on any atom is 0.293 e. The van der Waals surface area contributed by atoms with Crippen molar-refractivity contribution in [3.8, 4) is 5.69 Å². The molecule has 152 valence electrons. The van der Waals surface area contributed by atoms with Crippen LogP contribution in [0.5, 0.6) is 0 Å². The van der Waals surface area contributed by atoms with Gasteiger partial charge in [0.05, 0.1) is 10.9 Å². The normalized spacial score (nSPS) is 11.2. The van der Waals surface area contributed by atoms with Gasteiger partial charge in [0.2, 0.25) is 5.82 Å². The number of amides is 1. The summed E-state index contributed by atoms with van der Waals surface area (Å²) in [6.07, 6.45) is 0. The Morgan fingerprint density at radius 1 is 0.968 bits per heavy atom. The van der Waals surface area contributed by atoms with Gasteiger partial charge in [-0.15, -0.1) is 0 Å². The van der Waals surface area contributed by atoms with Crippen LogP contribution in [-0.2, 0) is 0 Å². The van der Waals surface area contributed by atoms with Crippen molar-refractivity contribution in [2.75, 3.05) is 11.1 Å². The molecule has 1 amide bonds. The standard InChI is InChI=1S/C24H18ClN5O/c1-14-6-10-16(11-7-14)27-24(31)22-28-21(26)20-18-4-2-3-5-19(18)30(23(20)29-22)17-12-8-15(25)9-13-17/h2-13H,1H3,(H,27,31)(H2,26,28,29). The van der Waals surface area contributed by atoms with Crippen LogP contribution in [0.4, 0.5) is 11.5 Å². The first-order valence-electron chi connectivity index (χ1n) is 9.72. The Bertz CT molecular complexity index is 1440. The molecule has 3 aromatic carbocycles. The fourth-order valence-corrected chi connectivity index (χ4v) is 3.78. The number of rotatable bonds is 3. The van der Waals surface area contributed by atoms with Crippen LogP contribution in [0.25, 0.3) is 27.6 Å². The molecule has 0 saturated carbocycles. The fraction of sp³-hybridized carbons (Fsp3) is 0.0417. The number of benzene rings is 3. The van der Waals surface area contributed by atoms with E-state index < -0.39 is 5.91 Å². The van der Waals surface area contributed by atoms with Crippen molar-refractivity contribution in [2.45, 2.75) is 6.92 Å². The van der Waals surface area contributed by atoms with Crippen LogP contribution in [0, 0.1) is 6.92 Å². The number of hydrogen-bond acceptors (Lipinski definition) is 4. The highest BCUT2D eigenvalue weighted by Gasteiger charge is 2.20. The van der Waals surface area contributed by atoms with E-state index in [0.29, 0.717) is 21.7 Å². The van der Waals surface area contributed by atoms with E-state index in [1.165, 1.54) is 0 Å². The highest BCUT2D eigenvalue weighted by Crippen LogP contribution is 2.34. The lowest BCUT2D eigenvalue weighted by atomic mass is 10.2. The number of hydrogen-bond donors (Lipinski definition) is 2. The number of nitrogens with zero attached hydrogens (tertiary/aromatic N) is 3. The molecule has 0 radical (unpaired) electrons. The maximum absolute atomic E-state index is 12.9. The van der Waals surface area contributed by atoms with E-state index in [2.05, 4.69) is 15.3 Å². The largest absolute Gasteiger partial charge is 0.383 e. The predicted molar refractivity (Wildman–Crippen MR) is 125 cm³/mol. The lowest BCUT2D eigenvalue weighted by molar-refractivity contribution is 0.101. The Morgan fingerprint density at radius 3 is 2.42 bits per heavy atom. The molecule has 3 N–H and O–H groups in total. The number of anilines is 2. The van der Waals surface area contributed by atoms with E-state index in [1.54, 1.807) is 0 Å². The Balaban J connectivity index is 1.70. The summed E-state index contributed by atoms with van der Waals surface area (Å²) >= 11 is 6.08. The molecule has 31 heavy (non-hydrogen) atoms. The molecule has 0 bridgehead atoms. The molecule has 2 aromatic heterocycles. The van der Waals surface area contributed by atoms with Gasteiger partial charge in [-0.2, -0.15) is 0 Å². The highest BCUT2D eigenvalue weighted by molar-refractivity contribution is 6.30. The molecule has 0 aliphatic rings. The Hall–Kier alpha value is -3.90. The minimum Gasteiger partial charge on any atom is -0.383 e. The minimum absolute atomic E-state index is 0.00333. The third kappa shape index (κ3) is 3.37. The Labute approximate surface area is 183 Å². The summed E-state index contributed by atoms with van der Waals surface area (Å²) in [5.74, 6) is -0.170. The smallest absolute Gasteiger partial charge is 0.293 e. The van der Waals surface area contributed by atoms with Crippen molar-refractivity contribution in [2.24, 2.45) is 0 Å². The summed E-state index contributed by atoms with van der Waals surface area (Å²) in [6, 6.07) is 22.8. The van der Waals surface area contributed by atoms with Crippen LogP contribution in [0.15, 0.2) is 72.8 Å². The van der Waals surface area contributed by atoms with Gasteiger partial charge in [0, 0.05) is 21.8 Å². The van der Waals surface area contributed by atoms with Crippen LogP contribution >= 0.6 is 11.6 Å². The monoisotopic (exact) mass is 427 g/mol. The first kappa shape index (κ1) is 19.1. The summed E-state index contributed by atoms with van der Waals surface area (Å²) in [7, 11) is 0. The molecule has 0 atom stereocenters. The number of aryl methyl sites for hydroxylation is 1. The molecule has 0 unspecified atom stereocenters. The van der Waals surface area contributed by atoms with Gasteiger partial charge < -0.3 is 11.1 Å². The van der Waals surface area contributed by atoms with Crippen LogP contribution in [0.1, 0.15) is 16.2 Å². The maximum atomic E-state index is 12.9. The number of nitrogen functional groups attached to an aromatic ring is 1. The molecular formula is C24H18ClN5O. The molecule has 5 rings (SSSR count). The Morgan fingerprint density at radius 2 is 1.68 bits per heavy atom. The Kier molecular flexibility index (Phi) is 4.56. The minimum atomic E-state index is -0.426. The molecular weight excluding hydrogens is 410 g/mol. The van der Waals surface area contributed by atoms with Gasteiger partial charge in [-0.05, 0) is 49.4 Å².